The SMILES string of the molecule is CC1(C)C=CC2=NC(Nc3c(Cl)cccc3Cl)NC23C[N+](=O)CC(=O)C13. The van der Waals surface area contributed by atoms with Crippen LogP contribution in [0.15, 0.2) is 35.3 Å². The minimum atomic E-state index is -0.819. The number of nitroso groups, excluding NO2 is 1. The molecule has 0 aromatic heterocycles. The molecule has 4 rings (SSSR count). The number of hydrogen-bond donors (Lipinski definition) is 2. The van der Waals surface area contributed by atoms with E-state index in [9.17, 15) is 9.70 Å². The van der Waals surface area contributed by atoms with Gasteiger partial charge in [0.05, 0.1) is 27.4 Å². The maximum atomic E-state index is 12.7. The molecule has 2 aliphatic heterocycles. The zero-order valence-electron chi connectivity index (χ0n) is 14.4. The monoisotopic (exact) mass is 393 g/mol. The molecule has 1 fully saturated rings. The molecular weight excluding hydrogens is 375 g/mol. The third-order valence-electron chi connectivity index (χ3n) is 5.35. The molecule has 26 heavy (non-hydrogen) atoms. The number of allylic oxidation sites excluding steroid dienone is 1. The molecule has 8 heteroatoms. The molecular formula is C18H19Cl2N4O2+. The Hall–Kier alpha value is -1.76. The van der Waals surface area contributed by atoms with Gasteiger partial charge in [-0.15, -0.1) is 0 Å². The van der Waals surface area contributed by atoms with Crippen LogP contribution in [0.25, 0.3) is 0 Å². The highest BCUT2D eigenvalue weighted by Gasteiger charge is 2.64. The van der Waals surface area contributed by atoms with Crippen LogP contribution in [0.4, 0.5) is 5.69 Å². The molecule has 0 saturated carbocycles. The summed E-state index contributed by atoms with van der Waals surface area (Å²) < 4.78 is 0.807. The number of benzene rings is 1. The molecule has 1 spiro atoms. The normalized spacial score (nSPS) is 32.1. The molecule has 3 atom stereocenters. The van der Waals surface area contributed by atoms with E-state index in [1.807, 2.05) is 26.0 Å². The molecule has 136 valence electrons. The second-order valence-corrected chi connectivity index (χ2v) is 8.44. The summed E-state index contributed by atoms with van der Waals surface area (Å²) in [4.78, 5) is 29.6. The molecule has 2 heterocycles. The lowest BCUT2D eigenvalue weighted by Crippen LogP contribution is -2.70. The highest BCUT2D eigenvalue weighted by molar-refractivity contribution is 6.39. The molecule has 0 amide bonds. The van der Waals surface area contributed by atoms with Gasteiger partial charge in [-0.1, -0.05) is 49.2 Å². The minimum Gasteiger partial charge on any atom is -0.349 e. The number of piperidine rings is 1. The van der Waals surface area contributed by atoms with Crippen LogP contribution in [0.1, 0.15) is 13.8 Å². The molecule has 3 unspecified atom stereocenters. The summed E-state index contributed by atoms with van der Waals surface area (Å²) in [5.41, 5.74) is 0.0761. The van der Waals surface area contributed by atoms with Gasteiger partial charge in [-0.3, -0.25) is 10.1 Å². The van der Waals surface area contributed by atoms with E-state index >= 15 is 0 Å². The zero-order valence-corrected chi connectivity index (χ0v) is 15.9. The molecule has 1 aliphatic carbocycles. The van der Waals surface area contributed by atoms with Crippen LogP contribution in [0.2, 0.25) is 10.0 Å². The number of nitrogens with one attached hydrogen (secondary N) is 2. The molecule has 1 saturated heterocycles. The van der Waals surface area contributed by atoms with Crippen LogP contribution in [0.3, 0.4) is 0 Å². The lowest BCUT2D eigenvalue weighted by atomic mass is 9.59. The number of Topliss-reactive ketones (excluding diaryl/α,β-unsaturated/α-hetero) is 1. The highest BCUT2D eigenvalue weighted by Crippen LogP contribution is 2.46. The summed E-state index contributed by atoms with van der Waals surface area (Å²) in [5.74, 6) is -0.435. The van der Waals surface area contributed by atoms with E-state index in [0.29, 0.717) is 21.4 Å². The third-order valence-corrected chi connectivity index (χ3v) is 5.98. The average Bonchev–Trinajstić information content (AvgIpc) is 2.86. The van der Waals surface area contributed by atoms with E-state index in [0.717, 1.165) is 4.76 Å². The second-order valence-electron chi connectivity index (χ2n) is 7.63. The van der Waals surface area contributed by atoms with Crippen molar-refractivity contribution in [3.8, 4) is 0 Å². The van der Waals surface area contributed by atoms with Crippen LogP contribution >= 0.6 is 23.2 Å². The molecule has 0 radical (unpaired) electrons. The second kappa shape index (κ2) is 5.87. The van der Waals surface area contributed by atoms with Crippen LogP contribution in [-0.4, -0.2) is 41.2 Å². The van der Waals surface area contributed by atoms with E-state index in [1.165, 1.54) is 0 Å². The van der Waals surface area contributed by atoms with E-state index in [1.54, 1.807) is 18.2 Å². The number of carbonyl (C=O) groups excluding carboxylic acids is 1. The summed E-state index contributed by atoms with van der Waals surface area (Å²) in [5, 5.41) is 7.52. The molecule has 0 bridgehead atoms. The Kier molecular flexibility index (Phi) is 3.99. The van der Waals surface area contributed by atoms with Crippen LogP contribution in [0.5, 0.6) is 0 Å². The van der Waals surface area contributed by atoms with Crippen LogP contribution in [0, 0.1) is 16.2 Å². The smallest absolute Gasteiger partial charge is 0.249 e. The molecule has 1 aromatic rings. The number of nitrogens with zero attached hydrogens (tertiary/aromatic N) is 2. The van der Waals surface area contributed by atoms with Gasteiger partial charge in [0.15, 0.2) is 6.29 Å². The van der Waals surface area contributed by atoms with Crippen LogP contribution in [-0.2, 0) is 4.79 Å². The van der Waals surface area contributed by atoms with Crippen molar-refractivity contribution >= 4 is 40.4 Å². The lowest BCUT2D eigenvalue weighted by molar-refractivity contribution is -0.552. The Morgan fingerprint density at radius 3 is 2.69 bits per heavy atom. The minimum absolute atomic E-state index is 0.0720. The van der Waals surface area contributed by atoms with Gasteiger partial charge in [0, 0.05) is 9.67 Å². The van der Waals surface area contributed by atoms with Gasteiger partial charge in [0.25, 0.3) is 0 Å². The van der Waals surface area contributed by atoms with Gasteiger partial charge in [0.2, 0.25) is 18.9 Å². The summed E-state index contributed by atoms with van der Waals surface area (Å²) in [6.07, 6.45) is 3.37. The Morgan fingerprint density at radius 1 is 1.31 bits per heavy atom. The molecule has 1 aromatic carbocycles. The van der Waals surface area contributed by atoms with Crippen molar-refractivity contribution in [2.45, 2.75) is 25.7 Å². The van der Waals surface area contributed by atoms with E-state index in [4.69, 9.17) is 23.2 Å². The van der Waals surface area contributed by atoms with Gasteiger partial charge in [-0.2, -0.15) is 0 Å². The Balaban J connectivity index is 1.72. The predicted octanol–water partition coefficient (Wildman–Crippen LogP) is 3.05. The largest absolute Gasteiger partial charge is 0.349 e. The summed E-state index contributed by atoms with van der Waals surface area (Å²) >= 11 is 12.5. The van der Waals surface area contributed by atoms with Gasteiger partial charge in [0.1, 0.15) is 5.54 Å². The number of para-hydroxylation sites is 1. The number of ketones is 1. The maximum absolute atomic E-state index is 12.7. The number of aliphatic imine (C=N–C) groups is 1. The first kappa shape index (κ1) is 17.6. The van der Waals surface area contributed by atoms with E-state index in [2.05, 4.69) is 15.6 Å². The first-order valence-electron chi connectivity index (χ1n) is 8.43. The Labute approximate surface area is 161 Å². The topological polar surface area (TPSA) is 73.6 Å². The van der Waals surface area contributed by atoms with Crippen molar-refractivity contribution in [1.82, 2.24) is 5.32 Å². The van der Waals surface area contributed by atoms with E-state index in [-0.39, 0.29) is 30.2 Å². The average molecular weight is 394 g/mol. The third kappa shape index (κ3) is 2.59. The van der Waals surface area contributed by atoms with Crippen molar-refractivity contribution in [3.05, 3.63) is 45.3 Å². The van der Waals surface area contributed by atoms with Gasteiger partial charge in [-0.05, 0) is 23.6 Å². The van der Waals surface area contributed by atoms with Crippen molar-refractivity contribution < 1.29 is 9.55 Å². The van der Waals surface area contributed by atoms with Crippen molar-refractivity contribution in [1.29, 1.82) is 0 Å². The number of rotatable bonds is 2. The fraction of sp³-hybridized carbons (Fsp3) is 0.444. The van der Waals surface area contributed by atoms with Gasteiger partial charge < -0.3 is 5.32 Å². The maximum Gasteiger partial charge on any atom is 0.249 e. The lowest BCUT2D eigenvalue weighted by Gasteiger charge is -2.46. The highest BCUT2D eigenvalue weighted by atomic mass is 35.5. The Morgan fingerprint density at radius 2 is 2.00 bits per heavy atom. The number of anilines is 1. The number of carbonyl (C=O) groups is 1. The first-order valence-corrected chi connectivity index (χ1v) is 9.19. The fourth-order valence-corrected chi connectivity index (χ4v) is 4.91. The molecule has 2 N–H and O–H groups in total. The van der Waals surface area contributed by atoms with Crippen LogP contribution < -0.4 is 10.6 Å². The van der Waals surface area contributed by atoms with Gasteiger partial charge in [-0.25, -0.2) is 4.99 Å². The quantitative estimate of drug-likeness (QED) is 0.757. The fourth-order valence-electron chi connectivity index (χ4n) is 4.40. The van der Waals surface area contributed by atoms with E-state index < -0.39 is 11.8 Å². The van der Waals surface area contributed by atoms with Crippen molar-refractivity contribution in [3.63, 3.8) is 0 Å². The van der Waals surface area contributed by atoms with Crippen molar-refractivity contribution in [2.24, 2.45) is 16.3 Å². The zero-order chi connectivity index (χ0) is 18.7. The molecule has 3 aliphatic rings. The standard InChI is InChI=1S/C18H19Cl2N4O2/c1-17(2)7-6-13-18(9-24(26)8-12(25)15(17)18)23-16(21-13)22-14-10(19)4-3-5-11(14)20/h3-7,15-16,22-23H,8-9H2,1-2H3/q+1. The first-order chi connectivity index (χ1) is 12.2. The summed E-state index contributed by atoms with van der Waals surface area (Å²) in [6, 6.07) is 5.23. The number of halogens is 2. The summed E-state index contributed by atoms with van der Waals surface area (Å²) in [6.45, 7) is 4.11. The summed E-state index contributed by atoms with van der Waals surface area (Å²) in [7, 11) is 0. The predicted molar refractivity (Wildman–Crippen MR) is 102 cm³/mol. The molecule has 6 nitrogen and oxygen atoms in total. The Bertz CT molecular complexity index is 860. The van der Waals surface area contributed by atoms with Gasteiger partial charge >= 0.3 is 0 Å². The van der Waals surface area contributed by atoms with Crippen molar-refractivity contribution in [2.75, 3.05) is 18.4 Å². The number of hydrogen-bond acceptors (Lipinski definition) is 5.